The molecule has 2 aliphatic rings. The normalized spacial score (nSPS) is 14.4. The fourth-order valence-electron chi connectivity index (χ4n) is 7.86. The van der Waals surface area contributed by atoms with Gasteiger partial charge in [-0.2, -0.15) is 23.4 Å². The molecule has 5 aromatic rings. The number of alkyl halides is 3. The largest absolute Gasteiger partial charge is 0.465 e. The fraction of sp³-hybridized carbons (Fsp3) is 0.349. The van der Waals surface area contributed by atoms with Crippen molar-refractivity contribution in [3.05, 3.63) is 129 Å². The van der Waals surface area contributed by atoms with Crippen LogP contribution in [0.15, 0.2) is 72.8 Å². The summed E-state index contributed by atoms with van der Waals surface area (Å²) in [5, 5.41) is 11.6. The first-order chi connectivity index (χ1) is 28.2. The van der Waals surface area contributed by atoms with Crippen molar-refractivity contribution in [2.75, 3.05) is 37.1 Å². The van der Waals surface area contributed by atoms with Crippen molar-refractivity contribution in [2.24, 2.45) is 0 Å². The van der Waals surface area contributed by atoms with Crippen LogP contribution >= 0.6 is 0 Å². The third kappa shape index (κ3) is 8.29. The SMILES string of the molecule is COC(=O)c1ccc([C@H](C)CC(=O)c2c(C(F)(F)F)nn3c2N(Cc2cccc(CN4CCn5nc(C)c(C(=O)N[C@@H](C)c6ccc(C(=O)OC)cc6)c54)c2)CC3)cc1. The Kier molecular flexibility index (Phi) is 11.3. The zero-order valence-corrected chi connectivity index (χ0v) is 33.3. The maximum Gasteiger partial charge on any atom is 0.435 e. The first-order valence-electron chi connectivity index (χ1n) is 19.2. The number of fused-ring (bicyclic) bond motifs is 2. The minimum atomic E-state index is -4.84. The van der Waals surface area contributed by atoms with Crippen LogP contribution in [0.3, 0.4) is 0 Å². The van der Waals surface area contributed by atoms with Crippen LogP contribution in [-0.4, -0.2) is 70.5 Å². The number of Topliss-reactive ketones (excluding diaryl/α,β-unsaturated/α-hetero) is 1. The number of aryl methyl sites for hydroxylation is 1. The van der Waals surface area contributed by atoms with Gasteiger partial charge in [-0.3, -0.25) is 9.59 Å². The number of halogens is 3. The summed E-state index contributed by atoms with van der Waals surface area (Å²) in [5.41, 5.74) is 3.41. The summed E-state index contributed by atoms with van der Waals surface area (Å²) in [6.07, 6.45) is -5.04. The van der Waals surface area contributed by atoms with Crippen LogP contribution < -0.4 is 15.1 Å². The number of hydrogen-bond acceptors (Lipinski definition) is 10. The number of methoxy groups -OCH3 is 2. The molecule has 308 valence electrons. The van der Waals surface area contributed by atoms with E-state index in [2.05, 4.69) is 20.4 Å². The van der Waals surface area contributed by atoms with Gasteiger partial charge in [0.05, 0.1) is 55.7 Å². The molecular weight excluding hydrogens is 768 g/mol. The maximum atomic E-state index is 14.4. The number of benzene rings is 3. The highest BCUT2D eigenvalue weighted by atomic mass is 19.4. The van der Waals surface area contributed by atoms with Gasteiger partial charge in [0, 0.05) is 32.6 Å². The Hall–Kier alpha value is -6.45. The van der Waals surface area contributed by atoms with Crippen LogP contribution in [0.5, 0.6) is 0 Å². The number of carbonyl (C=O) groups is 4. The monoisotopic (exact) mass is 811 g/mol. The number of amides is 1. The van der Waals surface area contributed by atoms with Crippen molar-refractivity contribution in [3.63, 3.8) is 0 Å². The molecule has 0 unspecified atom stereocenters. The summed E-state index contributed by atoms with van der Waals surface area (Å²) in [6, 6.07) is 20.7. The zero-order chi connectivity index (χ0) is 42.2. The number of rotatable bonds is 13. The predicted octanol–water partition coefficient (Wildman–Crippen LogP) is 6.89. The third-order valence-electron chi connectivity index (χ3n) is 10.9. The molecule has 2 aromatic heterocycles. The number of aromatic nitrogens is 4. The zero-order valence-electron chi connectivity index (χ0n) is 33.3. The third-order valence-corrected chi connectivity index (χ3v) is 10.9. The van der Waals surface area contributed by atoms with Gasteiger partial charge in [0.2, 0.25) is 0 Å². The van der Waals surface area contributed by atoms with E-state index in [1.807, 2.05) is 35.9 Å². The smallest absolute Gasteiger partial charge is 0.435 e. The quantitative estimate of drug-likeness (QED) is 0.0988. The number of carbonyl (C=O) groups excluding carboxylic acids is 4. The molecule has 1 N–H and O–H groups in total. The molecule has 3 aromatic carbocycles. The average Bonchev–Trinajstić information content (AvgIpc) is 3.99. The van der Waals surface area contributed by atoms with Gasteiger partial charge in [0.25, 0.3) is 5.91 Å². The minimum Gasteiger partial charge on any atom is -0.465 e. The summed E-state index contributed by atoms with van der Waals surface area (Å²) in [5.74, 6) is -1.52. The summed E-state index contributed by atoms with van der Waals surface area (Å²) >= 11 is 0. The summed E-state index contributed by atoms with van der Waals surface area (Å²) in [4.78, 5) is 55.2. The Bertz CT molecular complexity index is 2410. The van der Waals surface area contributed by atoms with E-state index in [4.69, 9.17) is 9.47 Å². The first-order valence-corrected chi connectivity index (χ1v) is 19.2. The second kappa shape index (κ2) is 16.4. The van der Waals surface area contributed by atoms with E-state index in [1.54, 1.807) is 67.3 Å². The van der Waals surface area contributed by atoms with Crippen LogP contribution in [-0.2, 0) is 41.8 Å². The molecule has 0 aliphatic carbocycles. The topological polar surface area (TPSA) is 141 Å². The van der Waals surface area contributed by atoms with E-state index in [0.29, 0.717) is 59.9 Å². The lowest BCUT2D eigenvalue weighted by atomic mass is 9.92. The van der Waals surface area contributed by atoms with Crippen LogP contribution in [0.4, 0.5) is 24.8 Å². The highest BCUT2D eigenvalue weighted by Gasteiger charge is 2.44. The van der Waals surface area contributed by atoms with Crippen molar-refractivity contribution in [3.8, 4) is 0 Å². The second-order valence-electron chi connectivity index (χ2n) is 14.9. The molecule has 0 saturated heterocycles. The number of nitrogens with zero attached hydrogens (tertiary/aromatic N) is 6. The molecule has 0 fully saturated rings. The summed E-state index contributed by atoms with van der Waals surface area (Å²) in [7, 11) is 2.59. The van der Waals surface area contributed by atoms with E-state index in [9.17, 15) is 32.3 Å². The Balaban J connectivity index is 1.07. The molecule has 7 rings (SSSR count). The molecule has 0 radical (unpaired) electrons. The fourth-order valence-corrected chi connectivity index (χ4v) is 7.86. The number of esters is 2. The van der Waals surface area contributed by atoms with Crippen molar-refractivity contribution < 1.29 is 41.8 Å². The predicted molar refractivity (Wildman–Crippen MR) is 212 cm³/mol. The van der Waals surface area contributed by atoms with Crippen LogP contribution in [0, 0.1) is 6.92 Å². The number of ketones is 1. The highest BCUT2D eigenvalue weighted by Crippen LogP contribution is 2.40. The van der Waals surface area contributed by atoms with Gasteiger partial charge in [-0.15, -0.1) is 0 Å². The molecule has 1 amide bonds. The standard InChI is InChI=1S/C43H44F3N7O6/c1-25(30-9-13-32(14-10-30)41(56)58-4)21-34(54)36-37(43(44,45)46)49-53-20-18-51(40(36)53)24-29-8-6-7-28(22-29)23-50-17-19-52-39(50)35(27(3)48-52)38(55)47-26(2)31-11-15-33(16-12-31)42(57)59-5/h6-16,22,25-26H,17-21,23-24H2,1-5H3,(H,47,55)/t25-,26+/m1/s1. The van der Waals surface area contributed by atoms with E-state index < -0.39 is 41.1 Å². The van der Waals surface area contributed by atoms with Gasteiger partial charge in [-0.25, -0.2) is 19.0 Å². The Morgan fingerprint density at radius 3 is 1.76 bits per heavy atom. The lowest BCUT2D eigenvalue weighted by molar-refractivity contribution is -0.141. The molecule has 59 heavy (non-hydrogen) atoms. The lowest BCUT2D eigenvalue weighted by Crippen LogP contribution is -2.29. The molecule has 0 bridgehead atoms. The molecule has 4 heterocycles. The van der Waals surface area contributed by atoms with E-state index in [0.717, 1.165) is 16.7 Å². The number of anilines is 2. The first kappa shape index (κ1) is 40.7. The molecule has 2 aliphatic heterocycles. The summed E-state index contributed by atoms with van der Waals surface area (Å²) < 4.78 is 55.9. The summed E-state index contributed by atoms with van der Waals surface area (Å²) in [6.45, 7) is 7.85. The minimum absolute atomic E-state index is 0.143. The van der Waals surface area contributed by atoms with Crippen LogP contribution in [0.2, 0.25) is 0 Å². The van der Waals surface area contributed by atoms with Crippen molar-refractivity contribution in [2.45, 2.75) is 71.5 Å². The van der Waals surface area contributed by atoms with Crippen LogP contribution in [0.1, 0.15) is 107 Å². The van der Waals surface area contributed by atoms with Gasteiger partial charge >= 0.3 is 18.1 Å². The molecule has 16 heteroatoms. The lowest BCUT2D eigenvalue weighted by Gasteiger charge is -2.22. The van der Waals surface area contributed by atoms with Crippen molar-refractivity contribution >= 4 is 35.3 Å². The second-order valence-corrected chi connectivity index (χ2v) is 14.9. The van der Waals surface area contributed by atoms with Gasteiger partial charge in [0.1, 0.15) is 17.2 Å². The Morgan fingerprint density at radius 2 is 1.24 bits per heavy atom. The van der Waals surface area contributed by atoms with Gasteiger partial charge in [0.15, 0.2) is 11.5 Å². The molecule has 13 nitrogen and oxygen atoms in total. The van der Waals surface area contributed by atoms with Gasteiger partial charge in [-0.1, -0.05) is 55.5 Å². The number of ether oxygens (including phenoxy) is 2. The maximum absolute atomic E-state index is 14.4. The average molecular weight is 812 g/mol. The molecule has 0 spiro atoms. The molecule has 2 atom stereocenters. The number of hydrogen-bond donors (Lipinski definition) is 1. The van der Waals surface area contributed by atoms with E-state index in [-0.39, 0.29) is 37.3 Å². The molecule has 0 saturated carbocycles. The van der Waals surface area contributed by atoms with Gasteiger partial charge in [-0.05, 0) is 66.3 Å². The van der Waals surface area contributed by atoms with Gasteiger partial charge < -0.3 is 24.6 Å². The van der Waals surface area contributed by atoms with Crippen molar-refractivity contribution in [1.82, 2.24) is 24.9 Å². The van der Waals surface area contributed by atoms with E-state index >= 15 is 0 Å². The van der Waals surface area contributed by atoms with Crippen molar-refractivity contribution in [1.29, 1.82) is 0 Å². The van der Waals surface area contributed by atoms with E-state index in [1.165, 1.54) is 18.9 Å². The molecular formula is C43H44F3N7O6. The number of nitrogens with one attached hydrogen (secondary N) is 1. The Morgan fingerprint density at radius 1 is 0.729 bits per heavy atom. The highest BCUT2D eigenvalue weighted by molar-refractivity contribution is 6.03. The van der Waals surface area contributed by atoms with Crippen LogP contribution in [0.25, 0.3) is 0 Å². The Labute approximate surface area is 338 Å².